The molecule has 0 saturated carbocycles. The van der Waals surface area contributed by atoms with Gasteiger partial charge < -0.3 is 14.3 Å². The number of ether oxygens (including phenoxy) is 1. The standard InChI is InChI=1S/C11H20N2OS/c1-8(2)10-7-12-11(15)13(10)5-6-14-9(3)4/h7-9H,5-6H2,1-4H3,(H,12,15). The van der Waals surface area contributed by atoms with Crippen molar-refractivity contribution in [2.45, 2.75) is 46.3 Å². The summed E-state index contributed by atoms with van der Waals surface area (Å²) in [6.07, 6.45) is 2.27. The van der Waals surface area contributed by atoms with Crippen LogP contribution in [0.5, 0.6) is 0 Å². The predicted octanol–water partition coefficient (Wildman–Crippen LogP) is 3.09. The van der Waals surface area contributed by atoms with Gasteiger partial charge in [-0.25, -0.2) is 0 Å². The lowest BCUT2D eigenvalue weighted by molar-refractivity contribution is 0.0721. The molecule has 0 amide bonds. The van der Waals surface area contributed by atoms with Gasteiger partial charge in [-0.2, -0.15) is 0 Å². The van der Waals surface area contributed by atoms with Crippen molar-refractivity contribution < 1.29 is 4.74 Å². The maximum absolute atomic E-state index is 5.52. The third-order valence-corrected chi connectivity index (χ3v) is 2.60. The first-order valence-electron chi connectivity index (χ1n) is 5.42. The first kappa shape index (κ1) is 12.5. The van der Waals surface area contributed by atoms with E-state index in [0.29, 0.717) is 12.5 Å². The summed E-state index contributed by atoms with van der Waals surface area (Å²) in [6, 6.07) is 0. The maximum Gasteiger partial charge on any atom is 0.177 e. The highest BCUT2D eigenvalue weighted by molar-refractivity contribution is 7.71. The molecule has 1 heterocycles. The van der Waals surface area contributed by atoms with Gasteiger partial charge in [-0.05, 0) is 32.0 Å². The van der Waals surface area contributed by atoms with E-state index in [1.54, 1.807) is 0 Å². The quantitative estimate of drug-likeness (QED) is 0.785. The van der Waals surface area contributed by atoms with E-state index in [1.807, 2.05) is 20.0 Å². The summed E-state index contributed by atoms with van der Waals surface area (Å²) in [4.78, 5) is 3.08. The molecule has 3 nitrogen and oxygen atoms in total. The second kappa shape index (κ2) is 5.47. The second-order valence-electron chi connectivity index (χ2n) is 4.24. The lowest BCUT2D eigenvalue weighted by Gasteiger charge is -2.12. The second-order valence-corrected chi connectivity index (χ2v) is 4.63. The van der Waals surface area contributed by atoms with Gasteiger partial charge in [0.25, 0.3) is 0 Å². The fraction of sp³-hybridized carbons (Fsp3) is 0.727. The molecule has 0 aliphatic rings. The third kappa shape index (κ3) is 3.47. The van der Waals surface area contributed by atoms with E-state index in [1.165, 1.54) is 5.69 Å². The average molecular weight is 228 g/mol. The molecule has 0 atom stereocenters. The van der Waals surface area contributed by atoms with Crippen LogP contribution >= 0.6 is 12.2 Å². The molecule has 1 aromatic heterocycles. The van der Waals surface area contributed by atoms with Crippen molar-refractivity contribution in [2.75, 3.05) is 6.61 Å². The van der Waals surface area contributed by atoms with Gasteiger partial charge in [0.2, 0.25) is 0 Å². The van der Waals surface area contributed by atoms with Crippen molar-refractivity contribution in [3.63, 3.8) is 0 Å². The third-order valence-electron chi connectivity index (χ3n) is 2.26. The van der Waals surface area contributed by atoms with Gasteiger partial charge in [-0.3, -0.25) is 0 Å². The minimum Gasteiger partial charge on any atom is -0.377 e. The molecule has 86 valence electrons. The van der Waals surface area contributed by atoms with E-state index in [4.69, 9.17) is 17.0 Å². The summed E-state index contributed by atoms with van der Waals surface area (Å²) in [5.41, 5.74) is 1.24. The van der Waals surface area contributed by atoms with Crippen LogP contribution in [0.15, 0.2) is 6.20 Å². The van der Waals surface area contributed by atoms with Gasteiger partial charge in [0.15, 0.2) is 4.77 Å². The van der Waals surface area contributed by atoms with Crippen molar-refractivity contribution in [3.05, 3.63) is 16.7 Å². The van der Waals surface area contributed by atoms with Gasteiger partial charge in [-0.1, -0.05) is 13.8 Å². The Bertz CT molecular complexity index is 352. The van der Waals surface area contributed by atoms with Gasteiger partial charge in [0, 0.05) is 18.4 Å². The molecule has 0 aromatic carbocycles. The zero-order chi connectivity index (χ0) is 11.4. The van der Waals surface area contributed by atoms with Crippen molar-refractivity contribution in [2.24, 2.45) is 0 Å². The van der Waals surface area contributed by atoms with Crippen LogP contribution in [0.2, 0.25) is 0 Å². The van der Waals surface area contributed by atoms with Gasteiger partial charge >= 0.3 is 0 Å². The molecule has 0 unspecified atom stereocenters. The van der Waals surface area contributed by atoms with Gasteiger partial charge in [0.1, 0.15) is 0 Å². The Labute approximate surface area is 96.5 Å². The van der Waals surface area contributed by atoms with Crippen LogP contribution in [-0.4, -0.2) is 22.3 Å². The Kier molecular flexibility index (Phi) is 4.54. The Morgan fingerprint density at radius 1 is 1.40 bits per heavy atom. The number of aromatic nitrogens is 2. The summed E-state index contributed by atoms with van der Waals surface area (Å²) in [6.45, 7) is 9.95. The summed E-state index contributed by atoms with van der Waals surface area (Å²) < 4.78 is 8.42. The molecule has 1 aromatic rings. The zero-order valence-corrected chi connectivity index (χ0v) is 10.7. The van der Waals surface area contributed by atoms with E-state index in [0.717, 1.165) is 11.3 Å². The van der Waals surface area contributed by atoms with Crippen LogP contribution < -0.4 is 0 Å². The van der Waals surface area contributed by atoms with Crippen LogP contribution in [0.25, 0.3) is 0 Å². The van der Waals surface area contributed by atoms with E-state index < -0.39 is 0 Å². The van der Waals surface area contributed by atoms with E-state index >= 15 is 0 Å². The van der Waals surface area contributed by atoms with Crippen molar-refractivity contribution in [3.8, 4) is 0 Å². The normalized spacial score (nSPS) is 11.6. The summed E-state index contributed by atoms with van der Waals surface area (Å²) in [5, 5.41) is 0. The lowest BCUT2D eigenvalue weighted by Crippen LogP contribution is -2.13. The van der Waals surface area contributed by atoms with E-state index in [9.17, 15) is 0 Å². The lowest BCUT2D eigenvalue weighted by atomic mass is 10.1. The maximum atomic E-state index is 5.52. The number of rotatable bonds is 5. The van der Waals surface area contributed by atoms with Crippen LogP contribution in [-0.2, 0) is 11.3 Å². The number of nitrogens with zero attached hydrogens (tertiary/aromatic N) is 1. The molecule has 0 saturated heterocycles. The highest BCUT2D eigenvalue weighted by atomic mass is 32.1. The number of nitrogens with one attached hydrogen (secondary N) is 1. The first-order chi connectivity index (χ1) is 7.02. The number of imidazole rings is 1. The Morgan fingerprint density at radius 2 is 2.07 bits per heavy atom. The zero-order valence-electron chi connectivity index (χ0n) is 9.91. The molecular formula is C11H20N2OS. The topological polar surface area (TPSA) is 29.9 Å². The first-order valence-corrected chi connectivity index (χ1v) is 5.83. The summed E-state index contributed by atoms with van der Waals surface area (Å²) >= 11 is 5.22. The molecule has 15 heavy (non-hydrogen) atoms. The van der Waals surface area contributed by atoms with Crippen molar-refractivity contribution in [1.82, 2.24) is 9.55 Å². The average Bonchev–Trinajstić information content (AvgIpc) is 2.47. The van der Waals surface area contributed by atoms with Crippen molar-refractivity contribution >= 4 is 12.2 Å². The fourth-order valence-corrected chi connectivity index (χ4v) is 1.75. The monoisotopic (exact) mass is 228 g/mol. The molecule has 0 spiro atoms. The Morgan fingerprint density at radius 3 is 2.60 bits per heavy atom. The van der Waals surface area contributed by atoms with E-state index in [-0.39, 0.29) is 6.10 Å². The number of hydrogen-bond acceptors (Lipinski definition) is 2. The van der Waals surface area contributed by atoms with E-state index in [2.05, 4.69) is 23.4 Å². The van der Waals surface area contributed by atoms with Crippen molar-refractivity contribution in [1.29, 1.82) is 0 Å². The summed E-state index contributed by atoms with van der Waals surface area (Å²) in [7, 11) is 0. The van der Waals surface area contributed by atoms with Crippen LogP contribution in [0.4, 0.5) is 0 Å². The number of H-pyrrole nitrogens is 1. The fourth-order valence-electron chi connectivity index (χ4n) is 1.50. The SMILES string of the molecule is CC(C)OCCn1c(C(C)C)c[nH]c1=S. The van der Waals surface area contributed by atoms with Gasteiger partial charge in [0.05, 0.1) is 12.7 Å². The number of aromatic amines is 1. The van der Waals surface area contributed by atoms with Crippen LogP contribution in [0.1, 0.15) is 39.3 Å². The molecule has 0 radical (unpaired) electrons. The highest BCUT2D eigenvalue weighted by Gasteiger charge is 2.07. The molecule has 1 rings (SSSR count). The van der Waals surface area contributed by atoms with Crippen LogP contribution in [0, 0.1) is 4.77 Å². The highest BCUT2D eigenvalue weighted by Crippen LogP contribution is 2.14. The Hall–Kier alpha value is -0.610. The smallest absolute Gasteiger partial charge is 0.177 e. The number of hydrogen-bond donors (Lipinski definition) is 1. The predicted molar refractivity (Wildman–Crippen MR) is 64.8 cm³/mol. The summed E-state index contributed by atoms with van der Waals surface area (Å²) in [5.74, 6) is 0.483. The molecule has 0 aliphatic heterocycles. The molecule has 0 bridgehead atoms. The molecule has 1 N–H and O–H groups in total. The molecule has 0 fully saturated rings. The molecular weight excluding hydrogens is 208 g/mol. The Balaban J connectivity index is 2.67. The minimum absolute atomic E-state index is 0.278. The van der Waals surface area contributed by atoms with Gasteiger partial charge in [-0.15, -0.1) is 0 Å². The minimum atomic E-state index is 0.278. The molecule has 4 heteroatoms. The van der Waals surface area contributed by atoms with Crippen LogP contribution in [0.3, 0.4) is 0 Å². The molecule has 0 aliphatic carbocycles. The largest absolute Gasteiger partial charge is 0.377 e.